The lowest BCUT2D eigenvalue weighted by molar-refractivity contribution is 0.0355. The van der Waals surface area contributed by atoms with Crippen LogP contribution in [0.1, 0.15) is 42.9 Å². The highest BCUT2D eigenvalue weighted by molar-refractivity contribution is 6.30. The molecule has 2 aromatic rings. The summed E-state index contributed by atoms with van der Waals surface area (Å²) in [7, 11) is 0. The summed E-state index contributed by atoms with van der Waals surface area (Å²) in [5.74, 6) is -1.11. The molecular formula is C22H23ClF2N4O4. The Balaban J connectivity index is 1.75. The minimum atomic E-state index is -1.11. The van der Waals surface area contributed by atoms with Gasteiger partial charge in [0.25, 0.3) is 5.91 Å². The van der Waals surface area contributed by atoms with Crippen LogP contribution in [0.3, 0.4) is 0 Å². The number of alkyl carbamates (subject to hydrolysis) is 1. The Morgan fingerprint density at radius 2 is 2.00 bits per heavy atom. The van der Waals surface area contributed by atoms with Crippen molar-refractivity contribution >= 4 is 35.1 Å². The molecule has 33 heavy (non-hydrogen) atoms. The van der Waals surface area contributed by atoms with Crippen molar-refractivity contribution in [2.24, 2.45) is 4.99 Å². The van der Waals surface area contributed by atoms with Crippen molar-refractivity contribution in [1.29, 1.82) is 0 Å². The minimum absolute atomic E-state index is 0.0135. The summed E-state index contributed by atoms with van der Waals surface area (Å²) in [5.41, 5.74) is -0.337. The molecule has 0 aliphatic carbocycles. The van der Waals surface area contributed by atoms with Crippen molar-refractivity contribution in [1.82, 2.24) is 10.3 Å². The largest absolute Gasteiger partial charge is 0.444 e. The van der Waals surface area contributed by atoms with Crippen molar-refractivity contribution in [2.45, 2.75) is 38.5 Å². The van der Waals surface area contributed by atoms with E-state index >= 15 is 0 Å². The monoisotopic (exact) mass is 480 g/mol. The van der Waals surface area contributed by atoms with E-state index in [0.29, 0.717) is 5.02 Å². The number of aliphatic imine (C=N–C) groups is 1. The van der Waals surface area contributed by atoms with Gasteiger partial charge < -0.3 is 14.8 Å². The summed E-state index contributed by atoms with van der Waals surface area (Å²) >= 11 is 5.77. The van der Waals surface area contributed by atoms with E-state index in [0.717, 1.165) is 6.07 Å². The van der Waals surface area contributed by atoms with Gasteiger partial charge in [0.15, 0.2) is 0 Å². The second-order valence-electron chi connectivity index (χ2n) is 8.21. The normalized spacial score (nSPS) is 18.3. The molecule has 2 atom stereocenters. The molecule has 0 fully saturated rings. The van der Waals surface area contributed by atoms with Crippen molar-refractivity contribution in [3.8, 4) is 0 Å². The number of benzene rings is 1. The molecule has 2 heterocycles. The second kappa shape index (κ2) is 10.2. The van der Waals surface area contributed by atoms with E-state index in [4.69, 9.17) is 21.1 Å². The van der Waals surface area contributed by atoms with E-state index in [-0.39, 0.29) is 29.4 Å². The first kappa shape index (κ1) is 24.5. The van der Waals surface area contributed by atoms with Gasteiger partial charge in [-0.1, -0.05) is 11.6 Å². The highest BCUT2D eigenvalue weighted by Crippen LogP contribution is 2.31. The Morgan fingerprint density at radius 3 is 2.64 bits per heavy atom. The lowest BCUT2D eigenvalue weighted by Gasteiger charge is -2.29. The van der Waals surface area contributed by atoms with Crippen LogP contribution in [-0.4, -0.2) is 47.7 Å². The molecule has 2 amide bonds. The molecule has 0 saturated heterocycles. The number of pyridine rings is 1. The van der Waals surface area contributed by atoms with Gasteiger partial charge in [-0.05, 0) is 51.1 Å². The summed E-state index contributed by atoms with van der Waals surface area (Å²) in [6.07, 6.45) is -0.493. The zero-order chi connectivity index (χ0) is 24.2. The van der Waals surface area contributed by atoms with Gasteiger partial charge >= 0.3 is 6.09 Å². The van der Waals surface area contributed by atoms with Gasteiger partial charge in [-0.3, -0.25) is 15.1 Å². The molecule has 11 heteroatoms. The van der Waals surface area contributed by atoms with Crippen LogP contribution in [0.2, 0.25) is 5.02 Å². The molecular weight excluding hydrogens is 458 g/mol. The van der Waals surface area contributed by atoms with Crippen LogP contribution >= 0.6 is 11.6 Å². The molecule has 1 aromatic heterocycles. The average Bonchev–Trinajstić information content (AvgIpc) is 2.74. The standard InChI is InChI=1S/C22H23ClF2N4O4/c1-22(2,3)33-21(31)29-18-11-32-19(17(9-24)28-18)14-8-13(5-6-15(14)25)27-20(30)16-7-4-12(23)10-26-16/h4-8,10,17,19H,9,11H2,1-3H3,(H,27,30)(H,28,29,31)/t17?,19-/m1/s1. The number of alkyl halides is 1. The quantitative estimate of drug-likeness (QED) is 0.672. The van der Waals surface area contributed by atoms with Crippen LogP contribution < -0.4 is 10.6 Å². The minimum Gasteiger partial charge on any atom is -0.444 e. The zero-order valence-electron chi connectivity index (χ0n) is 18.2. The molecule has 0 spiro atoms. The number of carbonyl (C=O) groups is 2. The zero-order valence-corrected chi connectivity index (χ0v) is 19.0. The number of amidine groups is 1. The first-order valence-corrected chi connectivity index (χ1v) is 10.4. The second-order valence-corrected chi connectivity index (χ2v) is 8.64. The van der Waals surface area contributed by atoms with Gasteiger partial charge in [-0.25, -0.2) is 18.6 Å². The highest BCUT2D eigenvalue weighted by Gasteiger charge is 2.32. The molecule has 176 valence electrons. The van der Waals surface area contributed by atoms with Gasteiger partial charge in [0.2, 0.25) is 0 Å². The van der Waals surface area contributed by atoms with E-state index in [1.807, 2.05) is 0 Å². The number of amides is 2. The SMILES string of the molecule is CC(C)(C)OC(=O)NC1=NC(CF)[C@@H](c2cc(NC(=O)c3ccc(Cl)cn3)ccc2F)OC1. The topological polar surface area (TPSA) is 102 Å². The molecule has 8 nitrogen and oxygen atoms in total. The predicted molar refractivity (Wildman–Crippen MR) is 119 cm³/mol. The van der Waals surface area contributed by atoms with Crippen LogP contribution in [0.5, 0.6) is 0 Å². The van der Waals surface area contributed by atoms with Crippen LogP contribution in [0.25, 0.3) is 0 Å². The van der Waals surface area contributed by atoms with Crippen LogP contribution in [0.4, 0.5) is 19.3 Å². The number of anilines is 1. The van der Waals surface area contributed by atoms with E-state index in [9.17, 15) is 18.4 Å². The number of nitrogens with one attached hydrogen (secondary N) is 2. The van der Waals surface area contributed by atoms with Gasteiger partial charge in [0, 0.05) is 17.4 Å². The van der Waals surface area contributed by atoms with E-state index in [1.165, 1.54) is 30.5 Å². The van der Waals surface area contributed by atoms with Gasteiger partial charge in [-0.2, -0.15) is 0 Å². The number of aromatic nitrogens is 1. The summed E-state index contributed by atoms with van der Waals surface area (Å²) in [5, 5.41) is 5.40. The first-order chi connectivity index (χ1) is 15.6. The molecule has 1 unspecified atom stereocenters. The van der Waals surface area contributed by atoms with Crippen molar-refractivity contribution in [3.05, 3.63) is 58.6 Å². The number of carbonyl (C=O) groups excluding carboxylic acids is 2. The number of hydrogen-bond acceptors (Lipinski definition) is 6. The van der Waals surface area contributed by atoms with Crippen molar-refractivity contribution < 1.29 is 27.8 Å². The van der Waals surface area contributed by atoms with Gasteiger partial charge in [0.1, 0.15) is 48.4 Å². The third-order valence-corrected chi connectivity index (χ3v) is 4.62. The van der Waals surface area contributed by atoms with E-state index < -0.39 is 42.2 Å². The molecule has 0 bridgehead atoms. The first-order valence-electron chi connectivity index (χ1n) is 10.0. The van der Waals surface area contributed by atoms with Crippen molar-refractivity contribution in [2.75, 3.05) is 18.6 Å². The lowest BCUT2D eigenvalue weighted by Crippen LogP contribution is -2.43. The third-order valence-electron chi connectivity index (χ3n) is 4.39. The molecule has 1 aliphatic heterocycles. The Morgan fingerprint density at radius 1 is 1.24 bits per heavy atom. The molecule has 1 aromatic carbocycles. The smallest absolute Gasteiger partial charge is 0.413 e. The summed E-state index contributed by atoms with van der Waals surface area (Å²) < 4.78 is 39.1. The fraction of sp³-hybridized carbons (Fsp3) is 0.364. The maximum absolute atomic E-state index is 14.6. The van der Waals surface area contributed by atoms with Crippen LogP contribution in [0, 0.1) is 5.82 Å². The fourth-order valence-corrected chi connectivity index (χ4v) is 3.14. The maximum atomic E-state index is 14.6. The average molecular weight is 481 g/mol. The molecule has 0 radical (unpaired) electrons. The molecule has 2 N–H and O–H groups in total. The van der Waals surface area contributed by atoms with Gasteiger partial charge in [-0.15, -0.1) is 0 Å². The Kier molecular flexibility index (Phi) is 7.60. The lowest BCUT2D eigenvalue weighted by atomic mass is 10.0. The maximum Gasteiger partial charge on any atom is 0.413 e. The van der Waals surface area contributed by atoms with Crippen LogP contribution in [0.15, 0.2) is 41.5 Å². The summed E-state index contributed by atoms with van der Waals surface area (Å²) in [4.78, 5) is 32.4. The number of rotatable bonds is 4. The molecule has 0 saturated carbocycles. The third kappa shape index (κ3) is 6.69. The Bertz CT molecular complexity index is 1060. The fourth-order valence-electron chi connectivity index (χ4n) is 3.03. The number of ether oxygens (including phenoxy) is 2. The van der Waals surface area contributed by atoms with E-state index in [1.54, 1.807) is 20.8 Å². The van der Waals surface area contributed by atoms with Gasteiger partial charge in [0.05, 0.1) is 5.02 Å². The number of hydrogen-bond donors (Lipinski definition) is 2. The van der Waals surface area contributed by atoms with Crippen molar-refractivity contribution in [3.63, 3.8) is 0 Å². The summed E-state index contributed by atoms with van der Waals surface area (Å²) in [6.45, 7) is 3.94. The Hall–Kier alpha value is -3.11. The predicted octanol–water partition coefficient (Wildman–Crippen LogP) is 4.46. The van der Waals surface area contributed by atoms with Crippen LogP contribution in [-0.2, 0) is 9.47 Å². The molecule has 3 rings (SSSR count). The highest BCUT2D eigenvalue weighted by atomic mass is 35.5. The summed E-state index contributed by atoms with van der Waals surface area (Å²) in [6, 6.07) is 5.69. The Labute approximate surface area is 194 Å². The number of halogens is 3. The number of nitrogens with zero attached hydrogens (tertiary/aromatic N) is 2. The van der Waals surface area contributed by atoms with E-state index in [2.05, 4.69) is 20.6 Å². The molecule has 1 aliphatic rings.